The second kappa shape index (κ2) is 20.3. The molecule has 0 atom stereocenters. The molecule has 0 aliphatic rings. The van der Waals surface area contributed by atoms with E-state index in [-0.39, 0.29) is 5.91 Å². The van der Waals surface area contributed by atoms with Crippen LogP contribution in [0.1, 0.15) is 146 Å². The molecule has 0 bridgehead atoms. The lowest BCUT2D eigenvalue weighted by molar-refractivity contribution is -0.116. The minimum atomic E-state index is 0.158. The number of rotatable bonds is 21. The molecule has 0 saturated carbocycles. The highest BCUT2D eigenvalue weighted by atomic mass is 16.1. The van der Waals surface area contributed by atoms with Gasteiger partial charge >= 0.3 is 0 Å². The zero-order valence-electron chi connectivity index (χ0n) is 21.8. The molecule has 184 valence electrons. The van der Waals surface area contributed by atoms with Crippen molar-refractivity contribution in [3.05, 3.63) is 29.3 Å². The summed E-state index contributed by atoms with van der Waals surface area (Å²) in [6.07, 6.45) is 26.9. The van der Waals surface area contributed by atoms with Crippen molar-refractivity contribution in [1.29, 1.82) is 0 Å². The largest absolute Gasteiger partial charge is 0.326 e. The van der Waals surface area contributed by atoms with Crippen molar-refractivity contribution in [2.24, 2.45) is 0 Å². The first-order valence-electron chi connectivity index (χ1n) is 14.0. The molecule has 2 heteroatoms. The van der Waals surface area contributed by atoms with Gasteiger partial charge in [0.15, 0.2) is 0 Å². The number of aryl methyl sites for hydroxylation is 1. The lowest BCUT2D eigenvalue weighted by atomic mass is 10.0. The Hall–Kier alpha value is -1.31. The number of anilines is 1. The summed E-state index contributed by atoms with van der Waals surface area (Å²) in [4.78, 5) is 12.1. The second-order valence-electron chi connectivity index (χ2n) is 9.91. The van der Waals surface area contributed by atoms with Crippen LogP contribution in [-0.2, 0) is 4.79 Å². The van der Waals surface area contributed by atoms with Crippen molar-refractivity contribution in [3.8, 4) is 0 Å². The SMILES string of the molecule is CCCCCCCCCCCCCCCCCCCCCC(=O)Nc1cccc(C)c1C. The van der Waals surface area contributed by atoms with Crippen molar-refractivity contribution in [1.82, 2.24) is 0 Å². The topological polar surface area (TPSA) is 29.1 Å². The highest BCUT2D eigenvalue weighted by Gasteiger charge is 2.05. The molecule has 0 aliphatic heterocycles. The summed E-state index contributed by atoms with van der Waals surface area (Å²) in [6, 6.07) is 6.09. The maximum Gasteiger partial charge on any atom is 0.224 e. The van der Waals surface area contributed by atoms with Crippen molar-refractivity contribution in [3.63, 3.8) is 0 Å². The summed E-state index contributed by atoms with van der Waals surface area (Å²) >= 11 is 0. The van der Waals surface area contributed by atoms with E-state index in [0.717, 1.165) is 12.1 Å². The van der Waals surface area contributed by atoms with E-state index < -0.39 is 0 Å². The van der Waals surface area contributed by atoms with E-state index in [1.54, 1.807) is 0 Å². The molecule has 2 nitrogen and oxygen atoms in total. The molecule has 0 aliphatic carbocycles. The molecule has 1 aromatic carbocycles. The monoisotopic (exact) mass is 443 g/mol. The molecule has 0 heterocycles. The zero-order valence-corrected chi connectivity index (χ0v) is 21.8. The Balaban J connectivity index is 1.80. The average Bonchev–Trinajstić information content (AvgIpc) is 2.78. The van der Waals surface area contributed by atoms with Gasteiger partial charge in [-0.15, -0.1) is 0 Å². The van der Waals surface area contributed by atoms with Gasteiger partial charge in [0.1, 0.15) is 0 Å². The van der Waals surface area contributed by atoms with Crippen molar-refractivity contribution < 1.29 is 4.79 Å². The lowest BCUT2D eigenvalue weighted by Crippen LogP contribution is -2.12. The molecule has 1 amide bonds. The van der Waals surface area contributed by atoms with Gasteiger partial charge < -0.3 is 5.32 Å². The Labute approximate surface area is 200 Å². The summed E-state index contributed by atoms with van der Waals surface area (Å²) in [5.41, 5.74) is 3.37. The number of hydrogen-bond donors (Lipinski definition) is 1. The van der Waals surface area contributed by atoms with Crippen LogP contribution in [0, 0.1) is 13.8 Å². The first kappa shape index (κ1) is 28.7. The van der Waals surface area contributed by atoms with Crippen LogP contribution in [0.25, 0.3) is 0 Å². The molecule has 0 aromatic heterocycles. The van der Waals surface area contributed by atoms with Crippen LogP contribution >= 0.6 is 0 Å². The summed E-state index contributed by atoms with van der Waals surface area (Å²) in [5, 5.41) is 3.07. The zero-order chi connectivity index (χ0) is 23.3. The smallest absolute Gasteiger partial charge is 0.224 e. The van der Waals surface area contributed by atoms with E-state index in [1.165, 1.54) is 127 Å². The van der Waals surface area contributed by atoms with Gasteiger partial charge in [-0.2, -0.15) is 0 Å². The molecule has 32 heavy (non-hydrogen) atoms. The van der Waals surface area contributed by atoms with Crippen LogP contribution in [0.15, 0.2) is 18.2 Å². The fourth-order valence-electron chi connectivity index (χ4n) is 4.46. The number of benzene rings is 1. The molecular weight excluding hydrogens is 390 g/mol. The van der Waals surface area contributed by atoms with Gasteiger partial charge in [-0.05, 0) is 37.5 Å². The van der Waals surface area contributed by atoms with Crippen molar-refractivity contribution in [2.75, 3.05) is 5.32 Å². The van der Waals surface area contributed by atoms with Gasteiger partial charge in [0.25, 0.3) is 0 Å². The van der Waals surface area contributed by atoms with Crippen LogP contribution in [0.4, 0.5) is 5.69 Å². The third-order valence-corrected chi connectivity index (χ3v) is 6.89. The fraction of sp³-hybridized carbons (Fsp3) is 0.767. The minimum Gasteiger partial charge on any atom is -0.326 e. The van der Waals surface area contributed by atoms with E-state index in [1.807, 2.05) is 12.1 Å². The van der Waals surface area contributed by atoms with Crippen LogP contribution in [-0.4, -0.2) is 5.91 Å². The Morgan fingerprint density at radius 3 is 1.47 bits per heavy atom. The molecule has 0 fully saturated rings. The molecule has 1 N–H and O–H groups in total. The predicted molar refractivity (Wildman–Crippen MR) is 143 cm³/mol. The number of unbranched alkanes of at least 4 members (excludes halogenated alkanes) is 18. The lowest BCUT2D eigenvalue weighted by Gasteiger charge is -2.10. The van der Waals surface area contributed by atoms with Crippen molar-refractivity contribution in [2.45, 2.75) is 149 Å². The molecule has 0 radical (unpaired) electrons. The predicted octanol–water partition coefficient (Wildman–Crippen LogP) is 10.1. The van der Waals surface area contributed by atoms with Crippen LogP contribution < -0.4 is 5.32 Å². The number of amides is 1. The summed E-state index contributed by atoms with van der Waals surface area (Å²) in [5.74, 6) is 0.158. The van der Waals surface area contributed by atoms with Crippen LogP contribution in [0.5, 0.6) is 0 Å². The molecule has 0 unspecified atom stereocenters. The molecular formula is C30H53NO. The Bertz CT molecular complexity index is 580. The summed E-state index contributed by atoms with van der Waals surface area (Å²) in [6.45, 7) is 6.45. The summed E-state index contributed by atoms with van der Waals surface area (Å²) in [7, 11) is 0. The highest BCUT2D eigenvalue weighted by molar-refractivity contribution is 5.91. The molecule has 1 rings (SSSR count). The van der Waals surface area contributed by atoms with Crippen LogP contribution in [0.3, 0.4) is 0 Å². The number of carbonyl (C=O) groups is 1. The first-order valence-corrected chi connectivity index (χ1v) is 14.0. The Kier molecular flexibility index (Phi) is 18.2. The fourth-order valence-corrected chi connectivity index (χ4v) is 4.46. The molecule has 0 saturated heterocycles. The van der Waals surface area contributed by atoms with Gasteiger partial charge in [0.05, 0.1) is 0 Å². The van der Waals surface area contributed by atoms with E-state index in [0.29, 0.717) is 6.42 Å². The second-order valence-corrected chi connectivity index (χ2v) is 9.91. The maximum atomic E-state index is 12.1. The normalized spacial score (nSPS) is 11.1. The quantitative estimate of drug-likeness (QED) is 0.188. The minimum absolute atomic E-state index is 0.158. The van der Waals surface area contributed by atoms with Crippen molar-refractivity contribution >= 4 is 11.6 Å². The maximum absolute atomic E-state index is 12.1. The highest BCUT2D eigenvalue weighted by Crippen LogP contribution is 2.19. The number of nitrogens with one attached hydrogen (secondary N) is 1. The van der Waals surface area contributed by atoms with Gasteiger partial charge in [-0.1, -0.05) is 135 Å². The number of carbonyl (C=O) groups excluding carboxylic acids is 1. The van der Waals surface area contributed by atoms with Gasteiger partial charge in [-0.25, -0.2) is 0 Å². The number of hydrogen-bond acceptors (Lipinski definition) is 1. The third-order valence-electron chi connectivity index (χ3n) is 6.89. The first-order chi connectivity index (χ1) is 15.6. The van der Waals surface area contributed by atoms with Gasteiger partial charge in [0, 0.05) is 12.1 Å². The Morgan fingerprint density at radius 2 is 1.03 bits per heavy atom. The summed E-state index contributed by atoms with van der Waals surface area (Å²) < 4.78 is 0. The Morgan fingerprint density at radius 1 is 0.625 bits per heavy atom. The van der Waals surface area contributed by atoms with E-state index in [2.05, 4.69) is 32.2 Å². The van der Waals surface area contributed by atoms with Gasteiger partial charge in [-0.3, -0.25) is 4.79 Å². The molecule has 1 aromatic rings. The van der Waals surface area contributed by atoms with Gasteiger partial charge in [0.2, 0.25) is 5.91 Å². The average molecular weight is 444 g/mol. The van der Waals surface area contributed by atoms with Crippen LogP contribution in [0.2, 0.25) is 0 Å². The van der Waals surface area contributed by atoms with E-state index >= 15 is 0 Å². The third kappa shape index (κ3) is 15.5. The standard InChI is InChI=1S/C30H53NO/c1-4-5-6-7-8-9-10-11-12-13-14-15-16-17-18-19-20-21-22-26-30(32)31-29-25-23-24-27(2)28(29)3/h23-25H,4-22,26H2,1-3H3,(H,31,32). The molecule has 0 spiro atoms. The van der Waals surface area contributed by atoms with E-state index in [4.69, 9.17) is 0 Å². The van der Waals surface area contributed by atoms with E-state index in [9.17, 15) is 4.79 Å².